The molecule has 0 aromatic rings. The van der Waals surface area contributed by atoms with Crippen molar-refractivity contribution in [3.8, 4) is 0 Å². The van der Waals surface area contributed by atoms with E-state index < -0.39 is 0 Å². The molecule has 0 aromatic carbocycles. The van der Waals surface area contributed by atoms with Gasteiger partial charge in [-0.25, -0.2) is 0 Å². The van der Waals surface area contributed by atoms with Crippen molar-refractivity contribution in [1.29, 1.82) is 0 Å². The van der Waals surface area contributed by atoms with Gasteiger partial charge in [-0.2, -0.15) is 0 Å². The van der Waals surface area contributed by atoms with Gasteiger partial charge in [-0.05, 0) is 26.7 Å². The van der Waals surface area contributed by atoms with Crippen LogP contribution in [0.25, 0.3) is 0 Å². The molecular weight excluding hydrogens is 204 g/mol. The normalized spacial score (nSPS) is 33.9. The molecule has 4 heteroatoms. The quantitative estimate of drug-likeness (QED) is 0.749. The molecule has 3 atom stereocenters. The highest BCUT2D eigenvalue weighted by atomic mass is 16.5. The lowest BCUT2D eigenvalue weighted by Crippen LogP contribution is -2.60. The van der Waals surface area contributed by atoms with Crippen molar-refractivity contribution in [2.24, 2.45) is 5.73 Å². The average molecular weight is 228 g/mol. The van der Waals surface area contributed by atoms with E-state index in [2.05, 4.69) is 11.8 Å². The summed E-state index contributed by atoms with van der Waals surface area (Å²) < 4.78 is 11.4. The second-order valence-corrected chi connectivity index (χ2v) is 5.20. The van der Waals surface area contributed by atoms with Gasteiger partial charge in [0.25, 0.3) is 0 Å². The van der Waals surface area contributed by atoms with Crippen LogP contribution in [-0.4, -0.2) is 55.5 Å². The number of likely N-dealkylation sites (tertiary alicyclic amines) is 1. The summed E-state index contributed by atoms with van der Waals surface area (Å²) >= 11 is 0. The molecule has 94 valence electrons. The fourth-order valence-electron chi connectivity index (χ4n) is 2.66. The molecule has 2 fully saturated rings. The Hall–Kier alpha value is -0.160. The second kappa shape index (κ2) is 5.00. The molecule has 4 nitrogen and oxygen atoms in total. The predicted molar refractivity (Wildman–Crippen MR) is 63.4 cm³/mol. The first-order valence-electron chi connectivity index (χ1n) is 6.36. The zero-order valence-electron chi connectivity index (χ0n) is 10.4. The monoisotopic (exact) mass is 228 g/mol. The topological polar surface area (TPSA) is 47.7 Å². The van der Waals surface area contributed by atoms with Crippen molar-refractivity contribution >= 4 is 0 Å². The molecule has 2 rings (SSSR count). The van der Waals surface area contributed by atoms with Gasteiger partial charge in [0.05, 0.1) is 24.4 Å². The molecule has 16 heavy (non-hydrogen) atoms. The van der Waals surface area contributed by atoms with E-state index in [1.165, 1.54) is 12.8 Å². The summed E-state index contributed by atoms with van der Waals surface area (Å²) in [6, 6.07) is 0. The van der Waals surface area contributed by atoms with Crippen LogP contribution < -0.4 is 5.73 Å². The van der Waals surface area contributed by atoms with Crippen LogP contribution in [0.5, 0.6) is 0 Å². The zero-order valence-corrected chi connectivity index (χ0v) is 10.4. The van der Waals surface area contributed by atoms with Crippen LogP contribution in [0.15, 0.2) is 0 Å². The molecule has 0 radical (unpaired) electrons. The first kappa shape index (κ1) is 12.3. The molecule has 2 bridgehead atoms. The summed E-state index contributed by atoms with van der Waals surface area (Å²) in [4.78, 5) is 2.47. The van der Waals surface area contributed by atoms with Crippen molar-refractivity contribution in [2.75, 3.05) is 32.8 Å². The molecule has 2 N–H and O–H groups in total. The maximum atomic E-state index is 5.93. The zero-order chi connectivity index (χ0) is 11.6. The number of nitrogens with zero attached hydrogens (tertiary/aromatic N) is 1. The van der Waals surface area contributed by atoms with Crippen molar-refractivity contribution in [3.63, 3.8) is 0 Å². The number of ether oxygens (including phenoxy) is 2. The largest absolute Gasteiger partial charge is 0.380 e. The number of fused-ring (bicyclic) bond motifs is 2. The van der Waals surface area contributed by atoms with Crippen LogP contribution in [0.2, 0.25) is 0 Å². The van der Waals surface area contributed by atoms with Crippen molar-refractivity contribution in [3.05, 3.63) is 0 Å². The average Bonchev–Trinajstić information content (AvgIpc) is 2.65. The van der Waals surface area contributed by atoms with Crippen molar-refractivity contribution in [2.45, 2.75) is 44.4 Å². The summed E-state index contributed by atoms with van der Waals surface area (Å²) in [5.41, 5.74) is 5.90. The minimum atomic E-state index is -0.0272. The fraction of sp³-hybridized carbons (Fsp3) is 1.00. The molecule has 3 unspecified atom stereocenters. The SMILES string of the molecule is CCOCC(C)(CN)N1CC2CCC(C1)O2. The van der Waals surface area contributed by atoms with E-state index in [-0.39, 0.29) is 5.54 Å². The molecule has 0 aliphatic carbocycles. The Bertz CT molecular complexity index is 225. The van der Waals surface area contributed by atoms with Gasteiger partial charge in [0.15, 0.2) is 0 Å². The van der Waals surface area contributed by atoms with Crippen LogP contribution in [0.1, 0.15) is 26.7 Å². The predicted octanol–water partition coefficient (Wildman–Crippen LogP) is 0.604. The first-order valence-corrected chi connectivity index (χ1v) is 6.36. The van der Waals surface area contributed by atoms with Gasteiger partial charge < -0.3 is 15.2 Å². The van der Waals surface area contributed by atoms with E-state index in [1.807, 2.05) is 6.92 Å². The Labute approximate surface area is 98.1 Å². The van der Waals surface area contributed by atoms with Gasteiger partial charge >= 0.3 is 0 Å². The first-order chi connectivity index (χ1) is 7.68. The van der Waals surface area contributed by atoms with Crippen molar-refractivity contribution in [1.82, 2.24) is 4.90 Å². The lowest BCUT2D eigenvalue weighted by atomic mass is 10.00. The minimum absolute atomic E-state index is 0.0272. The van der Waals surface area contributed by atoms with Crippen LogP contribution in [0.3, 0.4) is 0 Å². The summed E-state index contributed by atoms with van der Waals surface area (Å²) in [7, 11) is 0. The summed E-state index contributed by atoms with van der Waals surface area (Å²) in [6.45, 7) is 8.38. The molecule has 0 amide bonds. The van der Waals surface area contributed by atoms with Gasteiger partial charge in [-0.15, -0.1) is 0 Å². The van der Waals surface area contributed by atoms with E-state index in [4.69, 9.17) is 15.2 Å². The lowest BCUT2D eigenvalue weighted by molar-refractivity contribution is -0.0904. The third kappa shape index (κ3) is 2.40. The Morgan fingerprint density at radius 2 is 2.00 bits per heavy atom. The van der Waals surface area contributed by atoms with Crippen LogP contribution in [0.4, 0.5) is 0 Å². The number of nitrogens with two attached hydrogens (primary N) is 1. The molecule has 2 heterocycles. The van der Waals surface area contributed by atoms with Gasteiger partial charge in [0.2, 0.25) is 0 Å². The smallest absolute Gasteiger partial charge is 0.0707 e. The standard InChI is InChI=1S/C12H24N2O2/c1-3-15-9-12(2,8-13)14-6-10-4-5-11(7-14)16-10/h10-11H,3-9,13H2,1-2H3. The molecule has 0 spiro atoms. The van der Waals surface area contributed by atoms with E-state index in [0.29, 0.717) is 18.8 Å². The van der Waals surface area contributed by atoms with Gasteiger partial charge in [0, 0.05) is 26.2 Å². The van der Waals surface area contributed by atoms with Crippen LogP contribution in [-0.2, 0) is 9.47 Å². The molecule has 0 aromatic heterocycles. The number of morpholine rings is 1. The molecule has 2 saturated heterocycles. The number of rotatable bonds is 5. The highest BCUT2D eigenvalue weighted by Crippen LogP contribution is 2.30. The van der Waals surface area contributed by atoms with E-state index in [9.17, 15) is 0 Å². The fourth-order valence-corrected chi connectivity index (χ4v) is 2.66. The van der Waals surface area contributed by atoms with Crippen LogP contribution >= 0.6 is 0 Å². The molecule has 0 saturated carbocycles. The van der Waals surface area contributed by atoms with E-state index >= 15 is 0 Å². The molecule has 2 aliphatic rings. The summed E-state index contributed by atoms with van der Waals surface area (Å²) in [5.74, 6) is 0. The van der Waals surface area contributed by atoms with Crippen LogP contribution in [0, 0.1) is 0 Å². The third-order valence-electron chi connectivity index (χ3n) is 3.86. The van der Waals surface area contributed by atoms with Gasteiger partial charge in [0.1, 0.15) is 0 Å². The minimum Gasteiger partial charge on any atom is -0.380 e. The molecular formula is C12H24N2O2. The highest BCUT2D eigenvalue weighted by Gasteiger charge is 2.41. The third-order valence-corrected chi connectivity index (χ3v) is 3.86. The number of hydrogen-bond acceptors (Lipinski definition) is 4. The second-order valence-electron chi connectivity index (χ2n) is 5.20. The number of hydrogen-bond donors (Lipinski definition) is 1. The summed E-state index contributed by atoms with van der Waals surface area (Å²) in [5, 5.41) is 0. The Kier molecular flexibility index (Phi) is 3.85. The highest BCUT2D eigenvalue weighted by molar-refractivity contribution is 4.95. The molecule has 2 aliphatic heterocycles. The lowest BCUT2D eigenvalue weighted by Gasteiger charge is -2.44. The maximum Gasteiger partial charge on any atom is 0.0707 e. The maximum absolute atomic E-state index is 5.93. The van der Waals surface area contributed by atoms with Gasteiger partial charge in [-0.3, -0.25) is 4.90 Å². The van der Waals surface area contributed by atoms with E-state index in [0.717, 1.165) is 26.3 Å². The van der Waals surface area contributed by atoms with Gasteiger partial charge in [-0.1, -0.05) is 0 Å². The van der Waals surface area contributed by atoms with Crippen molar-refractivity contribution < 1.29 is 9.47 Å². The Morgan fingerprint density at radius 3 is 2.50 bits per heavy atom. The summed E-state index contributed by atoms with van der Waals surface area (Å²) in [6.07, 6.45) is 3.25. The Balaban J connectivity index is 1.97. The van der Waals surface area contributed by atoms with E-state index in [1.54, 1.807) is 0 Å². The Morgan fingerprint density at radius 1 is 1.38 bits per heavy atom.